The highest BCUT2D eigenvalue weighted by molar-refractivity contribution is 5.74. The highest BCUT2D eigenvalue weighted by Gasteiger charge is 2.16. The molecule has 0 spiro atoms. The number of carboxylic acid groups (broad SMARTS) is 1. The van der Waals surface area contributed by atoms with Gasteiger partial charge in [-0.25, -0.2) is 4.79 Å². The number of hydrogen-bond donors (Lipinski definition) is 2. The Hall–Kier alpha value is -1.26. The lowest BCUT2D eigenvalue weighted by Gasteiger charge is -2.26. The first-order valence-corrected chi connectivity index (χ1v) is 5.63. The van der Waals surface area contributed by atoms with Crippen LogP contribution in [0.1, 0.15) is 40.0 Å². The Labute approximate surface area is 96.8 Å². The lowest BCUT2D eigenvalue weighted by Crippen LogP contribution is -2.45. The zero-order valence-electron chi connectivity index (χ0n) is 10.5. The maximum absolute atomic E-state index is 11.7. The summed E-state index contributed by atoms with van der Waals surface area (Å²) in [7, 11) is 1.74. The van der Waals surface area contributed by atoms with Crippen molar-refractivity contribution in [3.05, 3.63) is 0 Å². The smallest absolute Gasteiger partial charge is 0.317 e. The van der Waals surface area contributed by atoms with Crippen LogP contribution in [0, 0.1) is 0 Å². The number of rotatable bonds is 6. The summed E-state index contributed by atoms with van der Waals surface area (Å²) < 4.78 is 0. The van der Waals surface area contributed by atoms with E-state index in [1.54, 1.807) is 11.9 Å². The molecule has 0 aliphatic heterocycles. The van der Waals surface area contributed by atoms with E-state index in [2.05, 4.69) is 5.32 Å². The molecule has 2 unspecified atom stereocenters. The van der Waals surface area contributed by atoms with Crippen LogP contribution >= 0.6 is 0 Å². The number of urea groups is 1. The quantitative estimate of drug-likeness (QED) is 0.729. The summed E-state index contributed by atoms with van der Waals surface area (Å²) in [6.45, 7) is 5.80. The fraction of sp³-hybridized carbons (Fsp3) is 0.818. The molecule has 16 heavy (non-hydrogen) atoms. The molecule has 5 nitrogen and oxygen atoms in total. The molecule has 0 fully saturated rings. The summed E-state index contributed by atoms with van der Waals surface area (Å²) in [6.07, 6.45) is 1.43. The van der Waals surface area contributed by atoms with Crippen LogP contribution in [0.2, 0.25) is 0 Å². The number of aliphatic carboxylic acids is 1. The van der Waals surface area contributed by atoms with Crippen molar-refractivity contribution in [1.29, 1.82) is 0 Å². The fourth-order valence-corrected chi connectivity index (χ4v) is 1.20. The number of nitrogens with one attached hydrogen (secondary N) is 1. The van der Waals surface area contributed by atoms with Crippen LogP contribution in [0.3, 0.4) is 0 Å². The number of nitrogens with zero attached hydrogens (tertiary/aromatic N) is 1. The van der Waals surface area contributed by atoms with Crippen LogP contribution in [0.15, 0.2) is 0 Å². The monoisotopic (exact) mass is 230 g/mol. The number of carbonyl (C=O) groups excluding carboxylic acids is 1. The molecule has 0 radical (unpaired) electrons. The molecule has 0 aromatic carbocycles. The van der Waals surface area contributed by atoms with Crippen molar-refractivity contribution in [3.8, 4) is 0 Å². The first-order chi connectivity index (χ1) is 7.38. The molecule has 0 aromatic rings. The molecule has 2 atom stereocenters. The first kappa shape index (κ1) is 14.7. The Bertz CT molecular complexity index is 243. The second-order valence-corrected chi connectivity index (χ2v) is 4.15. The van der Waals surface area contributed by atoms with Gasteiger partial charge in [0.1, 0.15) is 0 Å². The molecule has 0 aliphatic carbocycles. The van der Waals surface area contributed by atoms with E-state index in [0.717, 1.165) is 6.42 Å². The largest absolute Gasteiger partial charge is 0.481 e. The van der Waals surface area contributed by atoms with Crippen LogP contribution in [-0.4, -0.2) is 41.1 Å². The molecule has 0 rings (SSSR count). The SMILES string of the molecule is CCC(C)N(C)C(=O)NC(C)CCC(=O)O. The molecule has 0 aliphatic rings. The van der Waals surface area contributed by atoms with Gasteiger partial charge in [-0.1, -0.05) is 6.92 Å². The Morgan fingerprint density at radius 2 is 1.94 bits per heavy atom. The van der Waals surface area contributed by atoms with Crippen LogP contribution in [0.25, 0.3) is 0 Å². The maximum Gasteiger partial charge on any atom is 0.317 e. The molecular formula is C11H22N2O3. The second-order valence-electron chi connectivity index (χ2n) is 4.15. The van der Waals surface area contributed by atoms with Gasteiger partial charge in [-0.05, 0) is 26.7 Å². The van der Waals surface area contributed by atoms with E-state index in [4.69, 9.17) is 5.11 Å². The minimum Gasteiger partial charge on any atom is -0.481 e. The minimum absolute atomic E-state index is 0.0779. The summed E-state index contributed by atoms with van der Waals surface area (Å²) in [5.74, 6) is -0.837. The lowest BCUT2D eigenvalue weighted by atomic mass is 10.2. The maximum atomic E-state index is 11.7. The third-order valence-electron chi connectivity index (χ3n) is 2.73. The number of carboxylic acids is 1. The van der Waals surface area contributed by atoms with Crippen LogP contribution < -0.4 is 5.32 Å². The Morgan fingerprint density at radius 3 is 2.38 bits per heavy atom. The van der Waals surface area contributed by atoms with Gasteiger partial charge in [0, 0.05) is 25.6 Å². The van der Waals surface area contributed by atoms with Crippen molar-refractivity contribution in [2.24, 2.45) is 0 Å². The van der Waals surface area contributed by atoms with Gasteiger partial charge in [0.25, 0.3) is 0 Å². The van der Waals surface area contributed by atoms with Crippen molar-refractivity contribution in [2.45, 2.75) is 52.1 Å². The van der Waals surface area contributed by atoms with Gasteiger partial charge < -0.3 is 15.3 Å². The molecule has 94 valence electrons. The summed E-state index contributed by atoms with van der Waals surface area (Å²) in [5.41, 5.74) is 0. The van der Waals surface area contributed by atoms with Gasteiger partial charge in [0.2, 0.25) is 0 Å². The van der Waals surface area contributed by atoms with Crippen LogP contribution in [-0.2, 0) is 4.79 Å². The van der Waals surface area contributed by atoms with Gasteiger partial charge in [0.15, 0.2) is 0 Å². The highest BCUT2D eigenvalue weighted by Crippen LogP contribution is 2.02. The summed E-state index contributed by atoms with van der Waals surface area (Å²) in [4.78, 5) is 23.7. The van der Waals surface area contributed by atoms with Gasteiger partial charge in [-0.2, -0.15) is 0 Å². The Morgan fingerprint density at radius 1 is 1.38 bits per heavy atom. The second kappa shape index (κ2) is 7.09. The van der Waals surface area contributed by atoms with Crippen molar-refractivity contribution in [3.63, 3.8) is 0 Å². The van der Waals surface area contributed by atoms with Crippen LogP contribution in [0.4, 0.5) is 4.79 Å². The fourth-order valence-electron chi connectivity index (χ4n) is 1.20. The van der Waals surface area contributed by atoms with Crippen molar-refractivity contribution in [1.82, 2.24) is 10.2 Å². The average molecular weight is 230 g/mol. The lowest BCUT2D eigenvalue weighted by molar-refractivity contribution is -0.137. The number of amides is 2. The van der Waals surface area contributed by atoms with Crippen molar-refractivity contribution >= 4 is 12.0 Å². The molecule has 0 bridgehead atoms. The number of hydrogen-bond acceptors (Lipinski definition) is 2. The Kier molecular flexibility index (Phi) is 6.53. The standard InChI is InChI=1S/C11H22N2O3/c1-5-9(3)13(4)11(16)12-8(2)6-7-10(14)15/h8-9H,5-7H2,1-4H3,(H,12,16)(H,14,15). The average Bonchev–Trinajstić information content (AvgIpc) is 2.24. The minimum atomic E-state index is -0.837. The van der Waals surface area contributed by atoms with Gasteiger partial charge in [-0.15, -0.1) is 0 Å². The van der Waals surface area contributed by atoms with E-state index >= 15 is 0 Å². The van der Waals surface area contributed by atoms with Crippen molar-refractivity contribution in [2.75, 3.05) is 7.05 Å². The zero-order chi connectivity index (χ0) is 12.7. The van der Waals surface area contributed by atoms with Gasteiger partial charge in [-0.3, -0.25) is 4.79 Å². The third-order valence-corrected chi connectivity index (χ3v) is 2.73. The normalized spacial score (nSPS) is 14.0. The predicted molar refractivity (Wildman–Crippen MR) is 62.4 cm³/mol. The molecule has 5 heteroatoms. The highest BCUT2D eigenvalue weighted by atomic mass is 16.4. The number of carbonyl (C=O) groups is 2. The zero-order valence-corrected chi connectivity index (χ0v) is 10.5. The topological polar surface area (TPSA) is 69.6 Å². The molecule has 2 amide bonds. The van der Waals surface area contributed by atoms with E-state index < -0.39 is 5.97 Å². The molecule has 0 saturated heterocycles. The van der Waals surface area contributed by atoms with Crippen molar-refractivity contribution < 1.29 is 14.7 Å². The van der Waals surface area contributed by atoms with Gasteiger partial charge in [0.05, 0.1) is 0 Å². The van der Waals surface area contributed by atoms with Crippen LogP contribution in [0.5, 0.6) is 0 Å². The predicted octanol–water partition coefficient (Wildman–Crippen LogP) is 1.68. The van der Waals surface area contributed by atoms with E-state index in [1.807, 2.05) is 20.8 Å². The summed E-state index contributed by atoms with van der Waals surface area (Å²) >= 11 is 0. The summed E-state index contributed by atoms with van der Waals surface area (Å²) in [5, 5.41) is 11.3. The van der Waals surface area contributed by atoms with E-state index in [1.165, 1.54) is 0 Å². The first-order valence-electron chi connectivity index (χ1n) is 5.63. The van der Waals surface area contributed by atoms with E-state index in [0.29, 0.717) is 6.42 Å². The third kappa shape index (κ3) is 5.58. The molecule has 0 aromatic heterocycles. The molecule has 2 N–H and O–H groups in total. The molecule has 0 saturated carbocycles. The Balaban J connectivity index is 3.98. The van der Waals surface area contributed by atoms with Gasteiger partial charge >= 0.3 is 12.0 Å². The molecule has 0 heterocycles. The van der Waals surface area contributed by atoms with E-state index in [-0.39, 0.29) is 24.5 Å². The summed E-state index contributed by atoms with van der Waals surface area (Å²) in [6, 6.07) is -0.0750. The molecular weight excluding hydrogens is 208 g/mol. The van der Waals surface area contributed by atoms with E-state index in [9.17, 15) is 9.59 Å².